The Kier molecular flexibility index (Phi) is 6.11. The predicted octanol–water partition coefficient (Wildman–Crippen LogP) is 1.04. The smallest absolute Gasteiger partial charge is 0.332 e. The van der Waals surface area contributed by atoms with Gasteiger partial charge in [-0.15, -0.1) is 6.58 Å². The molecule has 0 spiro atoms. The number of rotatable bonds is 6. The number of nitrogens with zero attached hydrogens (tertiary/aromatic N) is 9. The fourth-order valence-electron chi connectivity index (χ4n) is 4.45. The highest BCUT2D eigenvalue weighted by Gasteiger charge is 2.25. The van der Waals surface area contributed by atoms with E-state index in [0.29, 0.717) is 17.3 Å². The minimum Gasteiger partial charge on any atom is -0.334 e. The molecule has 1 N–H and O–H groups in total. The predicted molar refractivity (Wildman–Crippen MR) is 137 cm³/mol. The van der Waals surface area contributed by atoms with Crippen molar-refractivity contribution in [2.45, 2.75) is 31.8 Å². The summed E-state index contributed by atoms with van der Waals surface area (Å²) in [5.41, 5.74) is -0.0617. The Balaban J connectivity index is 1.37. The van der Waals surface area contributed by atoms with Crippen molar-refractivity contribution in [2.75, 3.05) is 16.8 Å². The minimum absolute atomic E-state index is 0.157. The molecule has 1 amide bonds. The van der Waals surface area contributed by atoms with E-state index in [4.69, 9.17) is 0 Å². The van der Waals surface area contributed by atoms with Crippen LogP contribution in [0.3, 0.4) is 0 Å². The largest absolute Gasteiger partial charge is 0.334 e. The van der Waals surface area contributed by atoms with Gasteiger partial charge in [0.25, 0.3) is 5.56 Å². The average molecular weight is 503 g/mol. The molecule has 190 valence electrons. The van der Waals surface area contributed by atoms with Crippen molar-refractivity contribution in [3.63, 3.8) is 0 Å². The molecule has 37 heavy (non-hydrogen) atoms. The third-order valence-corrected chi connectivity index (χ3v) is 6.60. The highest BCUT2D eigenvalue weighted by molar-refractivity contribution is 5.93. The van der Waals surface area contributed by atoms with E-state index in [1.807, 2.05) is 6.08 Å². The zero-order chi connectivity index (χ0) is 26.3. The normalized spacial score (nSPS) is 16.2. The molecule has 2 atom stereocenters. The van der Waals surface area contributed by atoms with E-state index in [9.17, 15) is 14.4 Å². The molecule has 1 fully saturated rings. The van der Waals surface area contributed by atoms with Crippen molar-refractivity contribution >= 4 is 28.8 Å². The third kappa shape index (κ3) is 4.17. The zero-order valence-electron chi connectivity index (χ0n) is 20.7. The summed E-state index contributed by atoms with van der Waals surface area (Å²) < 4.78 is 3.69. The van der Waals surface area contributed by atoms with Gasteiger partial charge in [-0.2, -0.15) is 0 Å². The first-order valence-electron chi connectivity index (χ1n) is 11.8. The quantitative estimate of drug-likeness (QED) is 0.382. The Labute approximate surface area is 211 Å². The van der Waals surface area contributed by atoms with E-state index in [2.05, 4.69) is 41.7 Å². The highest BCUT2D eigenvalue weighted by Crippen LogP contribution is 2.24. The molecule has 0 saturated carbocycles. The van der Waals surface area contributed by atoms with Crippen molar-refractivity contribution in [1.29, 1.82) is 0 Å². The van der Waals surface area contributed by atoms with Crippen LogP contribution < -0.4 is 21.5 Å². The molecule has 4 aromatic rings. The van der Waals surface area contributed by atoms with Gasteiger partial charge >= 0.3 is 5.69 Å². The Morgan fingerprint density at radius 1 is 1.16 bits per heavy atom. The van der Waals surface area contributed by atoms with E-state index in [0.717, 1.165) is 24.0 Å². The first-order valence-corrected chi connectivity index (χ1v) is 11.8. The third-order valence-electron chi connectivity index (χ3n) is 6.60. The summed E-state index contributed by atoms with van der Waals surface area (Å²) in [6.45, 7) is 6.39. The molecular formula is C24H26N10O3. The lowest BCUT2D eigenvalue weighted by Gasteiger charge is -2.21. The zero-order valence-corrected chi connectivity index (χ0v) is 20.7. The van der Waals surface area contributed by atoms with Gasteiger partial charge in [0.1, 0.15) is 11.9 Å². The number of fused-ring (bicyclic) bond motifs is 1. The molecule has 0 bridgehead atoms. The lowest BCUT2D eigenvalue weighted by molar-refractivity contribution is -0.118. The topological polar surface area (TPSA) is 146 Å². The number of aryl methyl sites for hydroxylation is 1. The maximum absolute atomic E-state index is 13.1. The first-order chi connectivity index (χ1) is 17.8. The summed E-state index contributed by atoms with van der Waals surface area (Å²) in [6, 6.07) is 0.978. The fraction of sp³-hybridized carbons (Fsp3) is 0.333. The van der Waals surface area contributed by atoms with Crippen molar-refractivity contribution in [2.24, 2.45) is 14.1 Å². The molecule has 4 aromatic heterocycles. The molecule has 5 heterocycles. The van der Waals surface area contributed by atoms with E-state index < -0.39 is 23.2 Å². The minimum atomic E-state index is -0.811. The lowest BCUT2D eigenvalue weighted by Crippen LogP contribution is -2.38. The van der Waals surface area contributed by atoms with Gasteiger partial charge in [0, 0.05) is 45.3 Å². The van der Waals surface area contributed by atoms with Gasteiger partial charge in [-0.25, -0.2) is 29.7 Å². The number of hydrogen-bond acceptors (Lipinski definition) is 9. The summed E-state index contributed by atoms with van der Waals surface area (Å²) in [4.78, 5) is 62.0. The summed E-state index contributed by atoms with van der Waals surface area (Å²) in [6.07, 6.45) is 10.2. The number of aromatic nitrogens is 8. The van der Waals surface area contributed by atoms with Gasteiger partial charge in [-0.3, -0.25) is 18.7 Å². The second-order valence-corrected chi connectivity index (χ2v) is 8.87. The summed E-state index contributed by atoms with van der Waals surface area (Å²) in [5, 5.41) is 2.76. The summed E-state index contributed by atoms with van der Waals surface area (Å²) >= 11 is 0. The maximum atomic E-state index is 13.1. The van der Waals surface area contributed by atoms with Crippen molar-refractivity contribution in [3.05, 3.63) is 64.5 Å². The van der Waals surface area contributed by atoms with Crippen LogP contribution in [0.25, 0.3) is 22.6 Å². The van der Waals surface area contributed by atoms with Gasteiger partial charge < -0.3 is 14.8 Å². The second kappa shape index (κ2) is 9.41. The number of carbonyl (C=O) groups is 1. The molecule has 13 heteroatoms. The Morgan fingerprint density at radius 3 is 2.65 bits per heavy atom. The Morgan fingerprint density at radius 2 is 1.92 bits per heavy atom. The van der Waals surface area contributed by atoms with E-state index in [1.54, 1.807) is 25.4 Å². The van der Waals surface area contributed by atoms with Crippen LogP contribution in [-0.2, 0) is 18.9 Å². The first kappa shape index (κ1) is 24.0. The van der Waals surface area contributed by atoms with Crippen molar-refractivity contribution in [3.8, 4) is 11.4 Å². The molecule has 1 saturated heterocycles. The molecule has 5 rings (SSSR count). The molecule has 1 unspecified atom stereocenters. The average Bonchev–Trinajstić information content (AvgIpc) is 3.58. The second-order valence-electron chi connectivity index (χ2n) is 8.87. The number of anilines is 2. The molecule has 13 nitrogen and oxygen atoms in total. The highest BCUT2D eigenvalue weighted by atomic mass is 16.2. The van der Waals surface area contributed by atoms with Crippen molar-refractivity contribution in [1.82, 2.24) is 38.6 Å². The monoisotopic (exact) mass is 502 g/mol. The van der Waals surface area contributed by atoms with Crippen LogP contribution in [-0.4, -0.2) is 57.1 Å². The number of hydrogen-bond donors (Lipinski definition) is 1. The maximum Gasteiger partial charge on any atom is 0.332 e. The van der Waals surface area contributed by atoms with Crippen LogP contribution in [0.1, 0.15) is 25.8 Å². The van der Waals surface area contributed by atoms with Gasteiger partial charge in [0.05, 0.1) is 11.9 Å². The summed E-state index contributed by atoms with van der Waals surface area (Å²) in [7, 11) is 2.90. The SMILES string of the molecule is C=C[C@H]1CCCN1c1ncc(-c2nccc(NC(=O)C(C)n3cnc4c3c(=O)n(C)c(=O)n4C)n2)cn1. The molecule has 0 aliphatic carbocycles. The number of nitrogens with one attached hydrogen (secondary N) is 1. The van der Waals surface area contributed by atoms with E-state index in [-0.39, 0.29) is 23.0 Å². The van der Waals surface area contributed by atoms with Crippen LogP contribution >= 0.6 is 0 Å². The number of amides is 1. The molecule has 0 radical (unpaired) electrons. The van der Waals surface area contributed by atoms with Gasteiger partial charge in [0.2, 0.25) is 11.9 Å². The van der Waals surface area contributed by atoms with Crippen molar-refractivity contribution < 1.29 is 4.79 Å². The van der Waals surface area contributed by atoms with E-state index in [1.165, 1.54) is 35.8 Å². The molecule has 1 aliphatic rings. The van der Waals surface area contributed by atoms with Crippen LogP contribution in [0.4, 0.5) is 11.8 Å². The Hall–Kier alpha value is -4.68. The Bertz CT molecular complexity index is 1620. The van der Waals surface area contributed by atoms with E-state index >= 15 is 0 Å². The van der Waals surface area contributed by atoms with Crippen LogP contribution in [0.5, 0.6) is 0 Å². The standard InChI is InChI=1S/C24H26N10O3/c1-5-16-7-6-10-33(16)23-26-11-15(12-27-23)19-25-9-8-17(29-19)30-21(35)14(2)34-13-28-20-18(34)22(36)32(4)24(37)31(20)3/h5,8-9,11-14,16H,1,6-7,10H2,2-4H3,(H,25,29,30,35)/t14?,16-/m0/s1. The number of carbonyl (C=O) groups excluding carboxylic acids is 1. The van der Waals surface area contributed by atoms with Crippen LogP contribution in [0.15, 0.2) is 53.2 Å². The van der Waals surface area contributed by atoms with Crippen LogP contribution in [0.2, 0.25) is 0 Å². The van der Waals surface area contributed by atoms with Gasteiger partial charge in [0.15, 0.2) is 17.0 Å². The number of imidazole rings is 1. The molecule has 1 aliphatic heterocycles. The summed E-state index contributed by atoms with van der Waals surface area (Å²) in [5.74, 6) is 0.842. The molecule has 0 aromatic carbocycles. The van der Waals surface area contributed by atoms with Gasteiger partial charge in [-0.1, -0.05) is 6.08 Å². The molecular weight excluding hydrogens is 476 g/mol. The lowest BCUT2D eigenvalue weighted by atomic mass is 10.2. The van der Waals surface area contributed by atoms with Gasteiger partial charge in [-0.05, 0) is 25.8 Å². The fourth-order valence-corrected chi connectivity index (χ4v) is 4.45. The van der Waals surface area contributed by atoms with Crippen LogP contribution in [0, 0.1) is 0 Å².